The topological polar surface area (TPSA) is 63.4 Å². The maximum absolute atomic E-state index is 12.0. The van der Waals surface area contributed by atoms with Crippen LogP contribution >= 0.6 is 0 Å². The van der Waals surface area contributed by atoms with Gasteiger partial charge in [-0.3, -0.25) is 14.5 Å². The van der Waals surface area contributed by atoms with Gasteiger partial charge < -0.3 is 5.73 Å². The standard InChI is InChI=1S/C16H22N2O2/c1-16(2)10-14(19)18(15(20)11-16)9-8-13(17)12-6-4-3-5-7-12/h3-7,13H,8-11,17H2,1-2H3. The third-order valence-corrected chi connectivity index (χ3v) is 3.75. The molecule has 0 aliphatic carbocycles. The van der Waals surface area contributed by atoms with E-state index >= 15 is 0 Å². The highest BCUT2D eigenvalue weighted by molar-refractivity contribution is 5.98. The molecule has 1 heterocycles. The maximum Gasteiger partial charge on any atom is 0.229 e. The van der Waals surface area contributed by atoms with E-state index in [1.54, 1.807) is 0 Å². The molecule has 0 bridgehead atoms. The molecular weight excluding hydrogens is 252 g/mol. The highest BCUT2D eigenvalue weighted by Gasteiger charge is 2.37. The number of carbonyl (C=O) groups is 2. The molecule has 1 aliphatic heterocycles. The van der Waals surface area contributed by atoms with Gasteiger partial charge in [0.05, 0.1) is 0 Å². The van der Waals surface area contributed by atoms with Gasteiger partial charge in [0, 0.05) is 25.4 Å². The highest BCUT2D eigenvalue weighted by atomic mass is 16.2. The number of benzene rings is 1. The van der Waals surface area contributed by atoms with E-state index < -0.39 is 0 Å². The third-order valence-electron chi connectivity index (χ3n) is 3.75. The molecule has 2 rings (SSSR count). The normalized spacial score (nSPS) is 20.1. The molecule has 1 aromatic rings. The van der Waals surface area contributed by atoms with Gasteiger partial charge in [0.2, 0.25) is 11.8 Å². The smallest absolute Gasteiger partial charge is 0.229 e. The summed E-state index contributed by atoms with van der Waals surface area (Å²) in [6.45, 7) is 4.31. The first kappa shape index (κ1) is 14.7. The fourth-order valence-electron chi connectivity index (χ4n) is 2.60. The van der Waals surface area contributed by atoms with Crippen LogP contribution in [-0.2, 0) is 9.59 Å². The fourth-order valence-corrected chi connectivity index (χ4v) is 2.60. The monoisotopic (exact) mass is 274 g/mol. The van der Waals surface area contributed by atoms with Gasteiger partial charge in [-0.25, -0.2) is 0 Å². The molecule has 4 nitrogen and oxygen atoms in total. The van der Waals surface area contributed by atoms with Crippen molar-refractivity contribution >= 4 is 11.8 Å². The van der Waals surface area contributed by atoms with Crippen molar-refractivity contribution in [2.75, 3.05) is 6.54 Å². The Morgan fingerprint density at radius 2 is 1.70 bits per heavy atom. The predicted octanol–water partition coefficient (Wildman–Crippen LogP) is 2.25. The molecule has 108 valence electrons. The van der Waals surface area contributed by atoms with Crippen LogP contribution in [0.3, 0.4) is 0 Å². The molecular formula is C16H22N2O2. The summed E-state index contributed by atoms with van der Waals surface area (Å²) in [5.74, 6) is -0.155. The van der Waals surface area contributed by atoms with Crippen molar-refractivity contribution < 1.29 is 9.59 Å². The molecule has 4 heteroatoms. The molecule has 2 N–H and O–H groups in total. The summed E-state index contributed by atoms with van der Waals surface area (Å²) in [6.07, 6.45) is 1.46. The van der Waals surface area contributed by atoms with Crippen molar-refractivity contribution in [2.45, 2.75) is 39.2 Å². The molecule has 1 aromatic carbocycles. The Labute approximate surface area is 119 Å². The van der Waals surface area contributed by atoms with Crippen LogP contribution in [0.2, 0.25) is 0 Å². The zero-order valence-corrected chi connectivity index (χ0v) is 12.1. The summed E-state index contributed by atoms with van der Waals surface area (Å²) >= 11 is 0. The summed E-state index contributed by atoms with van der Waals surface area (Å²) in [7, 11) is 0. The van der Waals surface area contributed by atoms with E-state index in [0.29, 0.717) is 25.8 Å². The summed E-state index contributed by atoms with van der Waals surface area (Å²) in [4.78, 5) is 25.4. The number of nitrogens with zero attached hydrogens (tertiary/aromatic N) is 1. The number of hydrogen-bond donors (Lipinski definition) is 1. The van der Waals surface area contributed by atoms with Crippen LogP contribution in [0.15, 0.2) is 30.3 Å². The quantitative estimate of drug-likeness (QED) is 0.856. The molecule has 20 heavy (non-hydrogen) atoms. The predicted molar refractivity (Wildman–Crippen MR) is 77.7 cm³/mol. The molecule has 1 unspecified atom stereocenters. The minimum Gasteiger partial charge on any atom is -0.324 e. The van der Waals surface area contributed by atoms with Crippen LogP contribution in [0, 0.1) is 5.41 Å². The number of imide groups is 1. The lowest BCUT2D eigenvalue weighted by Gasteiger charge is -2.35. The number of piperidine rings is 1. The van der Waals surface area contributed by atoms with Gasteiger partial charge in [0.15, 0.2) is 0 Å². The van der Waals surface area contributed by atoms with E-state index in [0.717, 1.165) is 5.56 Å². The van der Waals surface area contributed by atoms with Gasteiger partial charge >= 0.3 is 0 Å². The molecule has 2 amide bonds. The summed E-state index contributed by atoms with van der Waals surface area (Å²) in [5.41, 5.74) is 6.92. The Morgan fingerprint density at radius 3 is 2.25 bits per heavy atom. The van der Waals surface area contributed by atoms with Crippen LogP contribution in [-0.4, -0.2) is 23.3 Å². The molecule has 1 atom stereocenters. The average molecular weight is 274 g/mol. The second-order valence-electron chi connectivity index (χ2n) is 6.26. The molecule has 0 spiro atoms. The Hall–Kier alpha value is -1.68. The van der Waals surface area contributed by atoms with Gasteiger partial charge in [0.1, 0.15) is 0 Å². The number of amides is 2. The first-order chi connectivity index (χ1) is 9.39. The maximum atomic E-state index is 12.0. The van der Waals surface area contributed by atoms with Crippen molar-refractivity contribution in [3.05, 3.63) is 35.9 Å². The van der Waals surface area contributed by atoms with Crippen LogP contribution in [0.4, 0.5) is 0 Å². The Kier molecular flexibility index (Phi) is 4.23. The highest BCUT2D eigenvalue weighted by Crippen LogP contribution is 2.31. The lowest BCUT2D eigenvalue weighted by molar-refractivity contribution is -0.152. The van der Waals surface area contributed by atoms with Crippen molar-refractivity contribution in [3.63, 3.8) is 0 Å². The minimum absolute atomic E-state index is 0.0773. The molecule has 1 fully saturated rings. The summed E-state index contributed by atoms with van der Waals surface area (Å²) < 4.78 is 0. The van der Waals surface area contributed by atoms with Gasteiger partial charge in [-0.15, -0.1) is 0 Å². The Morgan fingerprint density at radius 1 is 1.15 bits per heavy atom. The van der Waals surface area contributed by atoms with E-state index in [4.69, 9.17) is 5.73 Å². The summed E-state index contributed by atoms with van der Waals surface area (Å²) in [5, 5.41) is 0. The molecule has 0 aromatic heterocycles. The zero-order chi connectivity index (χ0) is 14.8. The van der Waals surface area contributed by atoms with E-state index in [1.807, 2.05) is 44.2 Å². The minimum atomic E-state index is -0.216. The number of hydrogen-bond acceptors (Lipinski definition) is 3. The van der Waals surface area contributed by atoms with Crippen molar-refractivity contribution in [1.82, 2.24) is 4.90 Å². The Bertz CT molecular complexity index is 476. The second kappa shape index (κ2) is 5.75. The molecule has 1 aliphatic rings. The van der Waals surface area contributed by atoms with Crippen molar-refractivity contribution in [3.8, 4) is 0 Å². The van der Waals surface area contributed by atoms with E-state index in [2.05, 4.69) is 0 Å². The number of nitrogens with two attached hydrogens (primary N) is 1. The SMILES string of the molecule is CC1(C)CC(=O)N(CCC(N)c2ccccc2)C(=O)C1. The summed E-state index contributed by atoms with van der Waals surface area (Å²) in [6, 6.07) is 9.60. The van der Waals surface area contributed by atoms with E-state index in [9.17, 15) is 9.59 Å². The molecule has 0 saturated carbocycles. The first-order valence-corrected chi connectivity index (χ1v) is 7.03. The van der Waals surface area contributed by atoms with Crippen LogP contribution in [0.1, 0.15) is 44.7 Å². The van der Waals surface area contributed by atoms with Crippen LogP contribution in [0.25, 0.3) is 0 Å². The molecule has 1 saturated heterocycles. The van der Waals surface area contributed by atoms with E-state index in [1.165, 1.54) is 4.90 Å². The number of likely N-dealkylation sites (tertiary alicyclic amines) is 1. The average Bonchev–Trinajstić information content (AvgIpc) is 2.37. The van der Waals surface area contributed by atoms with Gasteiger partial charge in [-0.05, 0) is 17.4 Å². The second-order valence-corrected chi connectivity index (χ2v) is 6.26. The van der Waals surface area contributed by atoms with Crippen molar-refractivity contribution in [2.24, 2.45) is 11.1 Å². The fraction of sp³-hybridized carbons (Fsp3) is 0.500. The largest absolute Gasteiger partial charge is 0.324 e. The van der Waals surface area contributed by atoms with Gasteiger partial charge in [-0.2, -0.15) is 0 Å². The van der Waals surface area contributed by atoms with E-state index in [-0.39, 0.29) is 23.3 Å². The Balaban J connectivity index is 1.94. The lowest BCUT2D eigenvalue weighted by Crippen LogP contribution is -2.46. The van der Waals surface area contributed by atoms with Crippen molar-refractivity contribution in [1.29, 1.82) is 0 Å². The van der Waals surface area contributed by atoms with Gasteiger partial charge in [-0.1, -0.05) is 44.2 Å². The van der Waals surface area contributed by atoms with Crippen LogP contribution in [0.5, 0.6) is 0 Å². The lowest BCUT2D eigenvalue weighted by atomic mass is 9.81. The first-order valence-electron chi connectivity index (χ1n) is 7.03. The number of carbonyl (C=O) groups excluding carboxylic acids is 2. The third kappa shape index (κ3) is 3.45. The number of rotatable bonds is 4. The van der Waals surface area contributed by atoms with Gasteiger partial charge in [0.25, 0.3) is 0 Å². The zero-order valence-electron chi connectivity index (χ0n) is 12.1. The van der Waals surface area contributed by atoms with Crippen LogP contribution < -0.4 is 5.73 Å². The molecule has 0 radical (unpaired) electrons.